The zero-order chi connectivity index (χ0) is 12.4. The highest BCUT2D eigenvalue weighted by Crippen LogP contribution is 2.15. The summed E-state index contributed by atoms with van der Waals surface area (Å²) in [5, 5.41) is 8.86. The molecule has 0 amide bonds. The van der Waals surface area contributed by atoms with Crippen LogP contribution in [0.25, 0.3) is 0 Å². The zero-order valence-corrected chi connectivity index (χ0v) is 10.9. The van der Waals surface area contributed by atoms with Gasteiger partial charge in [-0.2, -0.15) is 0 Å². The Morgan fingerprint density at radius 1 is 1.12 bits per heavy atom. The van der Waals surface area contributed by atoms with Gasteiger partial charge >= 0.3 is 5.97 Å². The van der Waals surface area contributed by atoms with Crippen LogP contribution in [0.15, 0.2) is 0 Å². The molecule has 0 aliphatic rings. The van der Waals surface area contributed by atoms with Gasteiger partial charge in [0.15, 0.2) is 0 Å². The first-order valence-corrected chi connectivity index (χ1v) is 6.32. The molecule has 3 nitrogen and oxygen atoms in total. The molecule has 0 radical (unpaired) electrons. The van der Waals surface area contributed by atoms with Crippen LogP contribution in [0, 0.1) is 5.41 Å². The van der Waals surface area contributed by atoms with Gasteiger partial charge in [0, 0.05) is 6.61 Å². The Morgan fingerprint density at radius 2 is 1.69 bits per heavy atom. The van der Waals surface area contributed by atoms with Gasteiger partial charge in [0.05, 0.1) is 12.0 Å². The lowest BCUT2D eigenvalue weighted by Crippen LogP contribution is -2.29. The maximum absolute atomic E-state index is 10.8. The van der Waals surface area contributed by atoms with Crippen molar-refractivity contribution in [1.82, 2.24) is 0 Å². The van der Waals surface area contributed by atoms with Crippen molar-refractivity contribution in [2.75, 3.05) is 13.2 Å². The molecule has 16 heavy (non-hydrogen) atoms. The summed E-state index contributed by atoms with van der Waals surface area (Å²) in [5.41, 5.74) is -0.762. The van der Waals surface area contributed by atoms with Gasteiger partial charge in [0.1, 0.15) is 0 Å². The third-order valence-corrected chi connectivity index (χ3v) is 2.68. The molecule has 0 fully saturated rings. The molecule has 0 bridgehead atoms. The Bertz CT molecular complexity index is 188. The van der Waals surface area contributed by atoms with Crippen LogP contribution < -0.4 is 0 Å². The first-order valence-electron chi connectivity index (χ1n) is 6.32. The zero-order valence-electron chi connectivity index (χ0n) is 10.9. The molecule has 0 unspecified atom stereocenters. The van der Waals surface area contributed by atoms with Crippen LogP contribution in [0.4, 0.5) is 0 Å². The second-order valence-electron chi connectivity index (χ2n) is 5.01. The van der Waals surface area contributed by atoms with Crippen LogP contribution in [0.1, 0.15) is 59.3 Å². The summed E-state index contributed by atoms with van der Waals surface area (Å²) in [7, 11) is 0. The normalized spacial score (nSPS) is 11.7. The molecule has 0 aromatic carbocycles. The highest BCUT2D eigenvalue weighted by Gasteiger charge is 2.26. The third kappa shape index (κ3) is 7.69. The number of hydrogen-bond acceptors (Lipinski definition) is 2. The summed E-state index contributed by atoms with van der Waals surface area (Å²) < 4.78 is 5.39. The van der Waals surface area contributed by atoms with Crippen LogP contribution in [-0.2, 0) is 9.53 Å². The Morgan fingerprint density at radius 3 is 2.25 bits per heavy atom. The quantitative estimate of drug-likeness (QED) is 0.584. The van der Waals surface area contributed by atoms with Gasteiger partial charge in [-0.3, -0.25) is 4.79 Å². The number of carboxylic acid groups (broad SMARTS) is 1. The second kappa shape index (κ2) is 8.57. The molecule has 0 saturated heterocycles. The average Bonchev–Trinajstić information content (AvgIpc) is 2.21. The molecule has 0 aromatic heterocycles. The predicted molar refractivity (Wildman–Crippen MR) is 65.6 cm³/mol. The molecule has 0 atom stereocenters. The molecular formula is C13H26O3. The lowest BCUT2D eigenvalue weighted by molar-refractivity contribution is -0.150. The first-order chi connectivity index (χ1) is 7.50. The third-order valence-electron chi connectivity index (χ3n) is 2.68. The van der Waals surface area contributed by atoms with Crippen molar-refractivity contribution in [3.8, 4) is 0 Å². The smallest absolute Gasteiger partial charge is 0.311 e. The van der Waals surface area contributed by atoms with Crippen LogP contribution in [0.5, 0.6) is 0 Å². The fraction of sp³-hybridized carbons (Fsp3) is 0.923. The van der Waals surface area contributed by atoms with Gasteiger partial charge in [-0.15, -0.1) is 0 Å². The largest absolute Gasteiger partial charge is 0.481 e. The van der Waals surface area contributed by atoms with Gasteiger partial charge in [-0.05, 0) is 20.3 Å². The topological polar surface area (TPSA) is 46.5 Å². The van der Waals surface area contributed by atoms with Gasteiger partial charge in [0.25, 0.3) is 0 Å². The number of aliphatic carboxylic acids is 1. The molecule has 0 heterocycles. The molecule has 0 aliphatic carbocycles. The number of hydrogen-bond donors (Lipinski definition) is 1. The lowest BCUT2D eigenvalue weighted by Gasteiger charge is -2.18. The molecular weight excluding hydrogens is 204 g/mol. The highest BCUT2D eigenvalue weighted by molar-refractivity contribution is 5.73. The molecule has 1 N–H and O–H groups in total. The molecule has 0 spiro atoms. The minimum absolute atomic E-state index is 0.303. The molecule has 96 valence electrons. The summed E-state index contributed by atoms with van der Waals surface area (Å²) >= 11 is 0. The Hall–Kier alpha value is -0.570. The van der Waals surface area contributed by atoms with E-state index >= 15 is 0 Å². The molecule has 0 aromatic rings. The van der Waals surface area contributed by atoms with E-state index in [1.807, 2.05) is 0 Å². The van der Waals surface area contributed by atoms with E-state index in [1.165, 1.54) is 32.1 Å². The van der Waals surface area contributed by atoms with Crippen molar-refractivity contribution in [1.29, 1.82) is 0 Å². The van der Waals surface area contributed by atoms with E-state index in [1.54, 1.807) is 13.8 Å². The number of ether oxygens (including phenoxy) is 1. The Kier molecular flexibility index (Phi) is 8.26. The van der Waals surface area contributed by atoms with E-state index in [0.717, 1.165) is 6.42 Å². The fourth-order valence-corrected chi connectivity index (χ4v) is 1.37. The van der Waals surface area contributed by atoms with Crippen molar-refractivity contribution < 1.29 is 14.6 Å². The van der Waals surface area contributed by atoms with E-state index < -0.39 is 11.4 Å². The van der Waals surface area contributed by atoms with E-state index in [-0.39, 0.29) is 0 Å². The van der Waals surface area contributed by atoms with E-state index in [4.69, 9.17) is 9.84 Å². The van der Waals surface area contributed by atoms with Crippen molar-refractivity contribution in [3.05, 3.63) is 0 Å². The van der Waals surface area contributed by atoms with Gasteiger partial charge in [0.2, 0.25) is 0 Å². The first kappa shape index (κ1) is 15.4. The minimum atomic E-state index is -0.796. The van der Waals surface area contributed by atoms with E-state index in [2.05, 4.69) is 6.92 Å². The van der Waals surface area contributed by atoms with Crippen molar-refractivity contribution in [2.24, 2.45) is 5.41 Å². The molecule has 3 heteroatoms. The monoisotopic (exact) mass is 230 g/mol. The van der Waals surface area contributed by atoms with Crippen LogP contribution in [0.2, 0.25) is 0 Å². The van der Waals surface area contributed by atoms with Crippen molar-refractivity contribution >= 4 is 5.97 Å². The van der Waals surface area contributed by atoms with Crippen LogP contribution >= 0.6 is 0 Å². The highest BCUT2D eigenvalue weighted by atomic mass is 16.5. The van der Waals surface area contributed by atoms with E-state index in [0.29, 0.717) is 13.2 Å². The maximum Gasteiger partial charge on any atom is 0.311 e. The summed E-state index contributed by atoms with van der Waals surface area (Å²) in [4.78, 5) is 10.8. The van der Waals surface area contributed by atoms with Crippen LogP contribution in [-0.4, -0.2) is 24.3 Å². The summed E-state index contributed by atoms with van der Waals surface area (Å²) in [6.45, 7) is 6.57. The summed E-state index contributed by atoms with van der Waals surface area (Å²) in [6.07, 6.45) is 7.37. The Labute approximate surface area is 99.2 Å². The maximum atomic E-state index is 10.8. The summed E-state index contributed by atoms with van der Waals surface area (Å²) in [6, 6.07) is 0. The van der Waals surface area contributed by atoms with Crippen molar-refractivity contribution in [2.45, 2.75) is 59.3 Å². The van der Waals surface area contributed by atoms with Gasteiger partial charge in [-0.25, -0.2) is 0 Å². The molecule has 0 aliphatic heterocycles. The standard InChI is InChI=1S/C13H26O3/c1-4-5-6-7-8-9-10-16-11-13(2,3)12(14)15/h4-11H2,1-3H3,(H,14,15). The number of carbonyl (C=O) groups is 1. The lowest BCUT2D eigenvalue weighted by atomic mass is 9.95. The SMILES string of the molecule is CCCCCCCCOCC(C)(C)C(=O)O. The predicted octanol–water partition coefficient (Wildman–Crippen LogP) is 3.47. The molecule has 0 rings (SSSR count). The van der Waals surface area contributed by atoms with Crippen LogP contribution in [0.3, 0.4) is 0 Å². The second-order valence-corrected chi connectivity index (χ2v) is 5.01. The molecule has 0 saturated carbocycles. The number of unbranched alkanes of at least 4 members (excludes halogenated alkanes) is 5. The van der Waals surface area contributed by atoms with Gasteiger partial charge in [-0.1, -0.05) is 39.0 Å². The van der Waals surface area contributed by atoms with E-state index in [9.17, 15) is 4.79 Å². The van der Waals surface area contributed by atoms with Gasteiger partial charge < -0.3 is 9.84 Å². The number of rotatable bonds is 10. The fourth-order valence-electron chi connectivity index (χ4n) is 1.37. The summed E-state index contributed by atoms with van der Waals surface area (Å²) in [5.74, 6) is -0.796. The Balaban J connectivity index is 3.30. The average molecular weight is 230 g/mol. The number of carboxylic acids is 1. The van der Waals surface area contributed by atoms with Crippen molar-refractivity contribution in [3.63, 3.8) is 0 Å². The minimum Gasteiger partial charge on any atom is -0.481 e.